The van der Waals surface area contributed by atoms with Gasteiger partial charge in [-0.1, -0.05) is 6.07 Å². The second-order valence-corrected chi connectivity index (χ2v) is 6.27. The van der Waals surface area contributed by atoms with Crippen LogP contribution in [0.15, 0.2) is 54.4 Å². The van der Waals surface area contributed by atoms with E-state index in [2.05, 4.69) is 9.97 Å². The SMILES string of the molecule is CN1C(=O)C(=CO)c2cc(-c3csc(-c4ccncc4)n3)ccc21. The zero-order chi connectivity index (χ0) is 16.7. The van der Waals surface area contributed by atoms with Gasteiger partial charge in [-0.2, -0.15) is 0 Å². The Morgan fingerprint density at radius 2 is 1.96 bits per heavy atom. The third-order valence-corrected chi connectivity index (χ3v) is 4.93. The lowest BCUT2D eigenvalue weighted by Crippen LogP contribution is -2.20. The minimum absolute atomic E-state index is 0.208. The van der Waals surface area contributed by atoms with Crippen molar-refractivity contribution < 1.29 is 9.90 Å². The van der Waals surface area contributed by atoms with E-state index in [0.717, 1.165) is 39.3 Å². The highest BCUT2D eigenvalue weighted by atomic mass is 32.1. The first kappa shape index (κ1) is 14.6. The molecule has 0 atom stereocenters. The molecule has 1 aromatic carbocycles. The molecule has 0 fully saturated rings. The Kier molecular flexibility index (Phi) is 3.39. The number of hydrogen-bond donors (Lipinski definition) is 1. The maximum absolute atomic E-state index is 12.1. The van der Waals surface area contributed by atoms with Crippen molar-refractivity contribution in [3.05, 3.63) is 59.9 Å². The van der Waals surface area contributed by atoms with Crippen LogP contribution in [0.3, 0.4) is 0 Å². The summed E-state index contributed by atoms with van der Waals surface area (Å²) in [4.78, 5) is 22.3. The largest absolute Gasteiger partial charge is 0.515 e. The van der Waals surface area contributed by atoms with Crippen molar-refractivity contribution in [3.8, 4) is 21.8 Å². The van der Waals surface area contributed by atoms with Crippen LogP contribution in [0.2, 0.25) is 0 Å². The molecule has 1 amide bonds. The van der Waals surface area contributed by atoms with Crippen LogP contribution in [0.5, 0.6) is 0 Å². The van der Waals surface area contributed by atoms with Crippen LogP contribution in [-0.4, -0.2) is 28.0 Å². The molecule has 0 radical (unpaired) electrons. The molecule has 118 valence electrons. The van der Waals surface area contributed by atoms with Crippen LogP contribution in [-0.2, 0) is 4.79 Å². The monoisotopic (exact) mass is 335 g/mol. The Bertz CT molecular complexity index is 963. The summed E-state index contributed by atoms with van der Waals surface area (Å²) < 4.78 is 0. The number of aliphatic hydroxyl groups excluding tert-OH is 1. The number of aromatic nitrogens is 2. The molecular formula is C18H13N3O2S. The number of hydrogen-bond acceptors (Lipinski definition) is 5. The van der Waals surface area contributed by atoms with Crippen LogP contribution in [0.25, 0.3) is 27.4 Å². The molecule has 2 aromatic heterocycles. The van der Waals surface area contributed by atoms with E-state index in [1.165, 1.54) is 4.90 Å². The summed E-state index contributed by atoms with van der Waals surface area (Å²) >= 11 is 1.56. The highest BCUT2D eigenvalue weighted by molar-refractivity contribution is 7.13. The van der Waals surface area contributed by atoms with Crippen molar-refractivity contribution in [2.24, 2.45) is 0 Å². The fraction of sp³-hybridized carbons (Fsp3) is 0.0556. The van der Waals surface area contributed by atoms with Crippen LogP contribution in [0, 0.1) is 0 Å². The topological polar surface area (TPSA) is 66.3 Å². The van der Waals surface area contributed by atoms with Crippen molar-refractivity contribution in [1.29, 1.82) is 0 Å². The maximum Gasteiger partial charge on any atom is 0.261 e. The third-order valence-electron chi connectivity index (χ3n) is 4.04. The number of likely N-dealkylation sites (N-methyl/N-ethyl adjacent to an activating group) is 1. The van der Waals surface area contributed by atoms with Gasteiger partial charge in [-0.15, -0.1) is 11.3 Å². The van der Waals surface area contributed by atoms with E-state index in [1.54, 1.807) is 30.8 Å². The van der Waals surface area contributed by atoms with E-state index in [1.807, 2.05) is 35.7 Å². The van der Waals surface area contributed by atoms with E-state index >= 15 is 0 Å². The minimum atomic E-state index is -0.208. The minimum Gasteiger partial charge on any atom is -0.515 e. The molecule has 1 aliphatic heterocycles. The first-order chi connectivity index (χ1) is 11.7. The van der Waals surface area contributed by atoms with Gasteiger partial charge >= 0.3 is 0 Å². The summed E-state index contributed by atoms with van der Waals surface area (Å²) in [5.74, 6) is -0.208. The number of thiazole rings is 1. The zero-order valence-electron chi connectivity index (χ0n) is 12.8. The fourth-order valence-electron chi connectivity index (χ4n) is 2.77. The van der Waals surface area contributed by atoms with E-state index in [0.29, 0.717) is 5.57 Å². The number of carbonyl (C=O) groups is 1. The van der Waals surface area contributed by atoms with Gasteiger partial charge in [0.05, 0.1) is 23.2 Å². The molecule has 6 heteroatoms. The van der Waals surface area contributed by atoms with Crippen molar-refractivity contribution >= 4 is 28.5 Å². The highest BCUT2D eigenvalue weighted by Crippen LogP contribution is 2.38. The van der Waals surface area contributed by atoms with Crippen molar-refractivity contribution in [2.45, 2.75) is 0 Å². The Hall–Kier alpha value is -2.99. The lowest BCUT2D eigenvalue weighted by atomic mass is 10.0. The smallest absolute Gasteiger partial charge is 0.261 e. The predicted molar refractivity (Wildman–Crippen MR) is 94.8 cm³/mol. The molecule has 5 nitrogen and oxygen atoms in total. The Labute approximate surface area is 142 Å². The normalized spacial score (nSPS) is 15.1. The van der Waals surface area contributed by atoms with Gasteiger partial charge in [0.1, 0.15) is 5.01 Å². The Morgan fingerprint density at radius 1 is 1.17 bits per heavy atom. The summed E-state index contributed by atoms with van der Waals surface area (Å²) in [6.45, 7) is 0. The number of fused-ring (bicyclic) bond motifs is 1. The summed E-state index contributed by atoms with van der Waals surface area (Å²) in [5.41, 5.74) is 4.59. The summed E-state index contributed by atoms with van der Waals surface area (Å²) in [6.07, 6.45) is 4.36. The molecule has 0 saturated heterocycles. The number of nitrogens with zero attached hydrogens (tertiary/aromatic N) is 3. The first-order valence-electron chi connectivity index (χ1n) is 7.32. The number of pyridine rings is 1. The second-order valence-electron chi connectivity index (χ2n) is 5.41. The van der Waals surface area contributed by atoms with E-state index in [4.69, 9.17) is 0 Å². The van der Waals surface area contributed by atoms with E-state index in [-0.39, 0.29) is 5.91 Å². The van der Waals surface area contributed by atoms with E-state index < -0.39 is 0 Å². The van der Waals surface area contributed by atoms with Crippen molar-refractivity contribution in [1.82, 2.24) is 9.97 Å². The van der Waals surface area contributed by atoms with E-state index in [9.17, 15) is 9.90 Å². The summed E-state index contributed by atoms with van der Waals surface area (Å²) in [5, 5.41) is 12.3. The van der Waals surface area contributed by atoms with Crippen LogP contribution < -0.4 is 4.90 Å². The average molecular weight is 335 g/mol. The molecule has 1 N–H and O–H groups in total. The zero-order valence-corrected chi connectivity index (χ0v) is 13.6. The van der Waals surface area contributed by atoms with Gasteiger partial charge in [-0.3, -0.25) is 9.78 Å². The Morgan fingerprint density at radius 3 is 2.71 bits per heavy atom. The highest BCUT2D eigenvalue weighted by Gasteiger charge is 2.30. The molecule has 1 aliphatic rings. The van der Waals surface area contributed by atoms with Gasteiger partial charge in [0.25, 0.3) is 5.91 Å². The lowest BCUT2D eigenvalue weighted by Gasteiger charge is -2.09. The van der Waals surface area contributed by atoms with Crippen LogP contribution in [0.4, 0.5) is 5.69 Å². The standard InChI is InChI=1S/C18H13N3O2S/c1-21-16-3-2-12(8-13(16)14(9-22)18(21)23)15-10-24-17(20-15)11-4-6-19-7-5-11/h2-10,22H,1H3. The van der Waals surface area contributed by atoms with Gasteiger partial charge in [0.15, 0.2) is 0 Å². The average Bonchev–Trinajstić information content (AvgIpc) is 3.20. The molecule has 4 rings (SSSR count). The molecule has 0 aliphatic carbocycles. The molecule has 0 saturated carbocycles. The van der Waals surface area contributed by atoms with Gasteiger partial charge in [0.2, 0.25) is 0 Å². The van der Waals surface area contributed by atoms with Crippen LogP contribution >= 0.6 is 11.3 Å². The molecule has 3 heterocycles. The molecule has 0 bridgehead atoms. The van der Waals surface area contributed by atoms with Gasteiger partial charge in [0, 0.05) is 41.5 Å². The molecule has 24 heavy (non-hydrogen) atoms. The summed E-state index contributed by atoms with van der Waals surface area (Å²) in [6, 6.07) is 9.56. The van der Waals surface area contributed by atoms with Gasteiger partial charge in [-0.05, 0) is 24.3 Å². The quantitative estimate of drug-likeness (QED) is 0.572. The number of rotatable bonds is 2. The second kappa shape index (κ2) is 5.58. The van der Waals surface area contributed by atoms with Crippen molar-refractivity contribution in [2.75, 3.05) is 11.9 Å². The lowest BCUT2D eigenvalue weighted by molar-refractivity contribution is -0.112. The number of aliphatic hydroxyl groups is 1. The number of benzene rings is 1. The summed E-state index contributed by atoms with van der Waals surface area (Å²) in [7, 11) is 1.70. The predicted octanol–water partition coefficient (Wildman–Crippen LogP) is 3.75. The fourth-order valence-corrected chi connectivity index (χ4v) is 3.60. The Balaban J connectivity index is 1.76. The molecule has 0 spiro atoms. The molecular weight excluding hydrogens is 322 g/mol. The van der Waals surface area contributed by atoms with Crippen molar-refractivity contribution in [3.63, 3.8) is 0 Å². The number of anilines is 1. The number of amides is 1. The van der Waals surface area contributed by atoms with Gasteiger partial charge < -0.3 is 10.0 Å². The third kappa shape index (κ3) is 2.19. The maximum atomic E-state index is 12.1. The van der Waals surface area contributed by atoms with Crippen LogP contribution in [0.1, 0.15) is 5.56 Å². The first-order valence-corrected chi connectivity index (χ1v) is 8.20. The van der Waals surface area contributed by atoms with Gasteiger partial charge in [-0.25, -0.2) is 4.98 Å². The molecule has 0 unspecified atom stereocenters. The molecule has 3 aromatic rings. The number of carbonyl (C=O) groups excluding carboxylic acids is 1.